The molecule has 0 heterocycles. The Labute approximate surface area is 512 Å². The van der Waals surface area contributed by atoms with E-state index >= 15 is 0 Å². The number of halogens is 6. The van der Waals surface area contributed by atoms with Crippen molar-refractivity contribution in [3.8, 4) is 0 Å². The second kappa shape index (κ2) is 59.2. The molecule has 0 spiro atoms. The molecule has 0 aromatic carbocycles. The molecule has 0 fully saturated rings. The van der Waals surface area contributed by atoms with Crippen LogP contribution >= 0.6 is 21.9 Å². The molecule has 0 rings (SSSR count). The molecule has 0 aromatic heterocycles. The van der Waals surface area contributed by atoms with Gasteiger partial charge in [0.25, 0.3) is 0 Å². The van der Waals surface area contributed by atoms with E-state index < -0.39 is 21.9 Å². The average molecular weight is 1240 g/mol. The fraction of sp³-hybridized carbons (Fsp3) is 1.00. The van der Waals surface area contributed by atoms with Gasteiger partial charge in [0.1, 0.15) is 0 Å². The molecule has 0 aliphatic carbocycles. The van der Waals surface area contributed by atoms with Crippen LogP contribution in [0.3, 0.4) is 0 Å². The number of unbranched alkanes of at least 4 members (excludes halogenated alkanes) is 54. The van der Waals surface area contributed by atoms with Gasteiger partial charge in [0.2, 0.25) is 14.1 Å². The van der Waals surface area contributed by atoms with E-state index in [0.29, 0.717) is 0 Å². The molecule has 82 heavy (non-hydrogen) atoms. The van der Waals surface area contributed by atoms with Gasteiger partial charge in [0.05, 0.1) is 0 Å². The minimum atomic E-state index is -10.7. The second-order valence-electron chi connectivity index (χ2n) is 26.7. The standard InChI is InChI=1S/C72H150NP2.F6P/c1-7-13-19-25-31-37-43-49-55-61-67-74(68-62-56-50-44-38-32-26-20-14-8-2,69-63-57-51-45-39-33-27-21-15-9-3)73-75(70-64-58-52-46-40-34-28-22-16-10-4,71-65-59-53-47-41-35-29-23-17-11-5)72-66-60-54-48-42-36-30-24-18-12-6;1-7(2,3,4,5)6/h7-72H2,1-6H3;/q+1;-1. The summed E-state index contributed by atoms with van der Waals surface area (Å²) in [5.41, 5.74) is 0. The van der Waals surface area contributed by atoms with Crippen LogP contribution < -0.4 is 4.17 Å². The Hall–Kier alpha value is 0.580. The van der Waals surface area contributed by atoms with Crippen LogP contribution in [0.4, 0.5) is 25.2 Å². The topological polar surface area (TPSA) is 14.1 Å². The van der Waals surface area contributed by atoms with E-state index in [4.69, 9.17) is 4.17 Å². The van der Waals surface area contributed by atoms with Gasteiger partial charge < -0.3 is 0 Å². The molecule has 0 unspecified atom stereocenters. The molecule has 1 nitrogen and oxygen atoms in total. The normalized spacial score (nSPS) is 13.1. The zero-order valence-corrected chi connectivity index (χ0v) is 59.4. The average Bonchev–Trinajstić information content (AvgIpc) is 3.61. The zero-order valence-electron chi connectivity index (χ0n) is 56.7. The Morgan fingerprint density at radius 3 is 0.354 bits per heavy atom. The summed E-state index contributed by atoms with van der Waals surface area (Å²) in [4.78, 5) is 0. The quantitative estimate of drug-likeness (QED) is 0.0249. The van der Waals surface area contributed by atoms with Crippen LogP contribution in [0.1, 0.15) is 427 Å². The monoisotopic (exact) mass is 1240 g/mol. The Kier molecular flexibility index (Phi) is 61.1. The van der Waals surface area contributed by atoms with E-state index in [0.717, 1.165) is 0 Å². The SMILES string of the molecule is CCCCCCCCCCCCP(CCCCCCCCCCCC)(CCCCCCCCCCCC)=[N+]=P(CCCCCCCCCCCC)(CCCCCCCCCCCC)CCCCCCCCCCCC.F[P-](F)(F)(F)(F)F. The van der Waals surface area contributed by atoms with Crippen LogP contribution in [0.25, 0.3) is 0 Å². The van der Waals surface area contributed by atoms with Gasteiger partial charge in [0, 0.05) is 37.0 Å². The van der Waals surface area contributed by atoms with Crippen molar-refractivity contribution in [3.05, 3.63) is 0 Å². The minimum absolute atomic E-state index is 1.37. The van der Waals surface area contributed by atoms with E-state index in [-0.39, 0.29) is 0 Å². The van der Waals surface area contributed by atoms with E-state index in [9.17, 15) is 25.2 Å². The van der Waals surface area contributed by atoms with Crippen molar-refractivity contribution in [2.24, 2.45) is 0 Å². The summed E-state index contributed by atoms with van der Waals surface area (Å²) in [7, 11) is -13.5. The van der Waals surface area contributed by atoms with Gasteiger partial charge >= 0.3 is 33.0 Å². The third kappa shape index (κ3) is 71.3. The van der Waals surface area contributed by atoms with E-state index in [1.165, 1.54) is 422 Å². The molecule has 0 bridgehead atoms. The molecule has 10 heteroatoms. The van der Waals surface area contributed by atoms with Gasteiger partial charge in [-0.2, -0.15) is 4.17 Å². The summed E-state index contributed by atoms with van der Waals surface area (Å²) in [6, 6.07) is 0. The molecule has 0 atom stereocenters. The summed E-state index contributed by atoms with van der Waals surface area (Å²) >= 11 is 0. The van der Waals surface area contributed by atoms with E-state index in [1.807, 2.05) is 0 Å². The Bertz CT molecular complexity index is 1170. The summed E-state index contributed by atoms with van der Waals surface area (Å²) < 4.78 is 66.2. The molecule has 0 saturated carbocycles. The molecule has 0 aromatic rings. The van der Waals surface area contributed by atoms with Crippen molar-refractivity contribution in [1.29, 1.82) is 0 Å². The molecule has 0 saturated heterocycles. The maximum absolute atomic E-state index is 10.7. The number of rotatable bonds is 66. The first-order valence-corrected chi connectivity index (χ1v) is 44.2. The Balaban J connectivity index is 0. The predicted octanol–water partition coefficient (Wildman–Crippen LogP) is 31.4. The van der Waals surface area contributed by atoms with Gasteiger partial charge in [-0.3, -0.25) is 0 Å². The first-order valence-electron chi connectivity index (χ1n) is 37.6. The predicted molar refractivity (Wildman–Crippen MR) is 370 cm³/mol. The van der Waals surface area contributed by atoms with Gasteiger partial charge in [-0.15, -0.1) is 0 Å². The van der Waals surface area contributed by atoms with Crippen LogP contribution in [-0.2, 0) is 0 Å². The van der Waals surface area contributed by atoms with Crippen molar-refractivity contribution in [2.75, 3.05) is 37.0 Å². The Morgan fingerprint density at radius 2 is 0.256 bits per heavy atom. The maximum atomic E-state index is 9.87. The van der Waals surface area contributed by atoms with Gasteiger partial charge in [-0.05, 0) is 38.5 Å². The van der Waals surface area contributed by atoms with Gasteiger partial charge in [-0.25, -0.2) is 0 Å². The molecular formula is C72H150F6NP3. The summed E-state index contributed by atoms with van der Waals surface area (Å²) in [5, 5.41) is 0. The summed E-state index contributed by atoms with van der Waals surface area (Å²) in [5.74, 6) is 0. The van der Waals surface area contributed by atoms with Crippen molar-refractivity contribution < 1.29 is 25.2 Å². The number of nitrogens with zero attached hydrogens (tertiary/aromatic N) is 1. The molecule has 0 aliphatic rings. The molecule has 0 amide bonds. The van der Waals surface area contributed by atoms with Gasteiger partial charge in [0.15, 0.2) is 0 Å². The van der Waals surface area contributed by atoms with Crippen molar-refractivity contribution in [3.63, 3.8) is 0 Å². The van der Waals surface area contributed by atoms with Crippen LogP contribution in [0.15, 0.2) is 0 Å². The first-order chi connectivity index (χ1) is 39.5. The van der Waals surface area contributed by atoms with Crippen LogP contribution in [0, 0.1) is 0 Å². The molecule has 500 valence electrons. The molecule has 0 aliphatic heterocycles. The summed E-state index contributed by atoms with van der Waals surface area (Å²) in [6.45, 7) is 14.2. The molecular weight excluding hydrogens is 1090 g/mol. The third-order valence-electron chi connectivity index (χ3n) is 17.9. The third-order valence-corrected chi connectivity index (χ3v) is 27.9. The van der Waals surface area contributed by atoms with E-state index in [2.05, 4.69) is 41.5 Å². The van der Waals surface area contributed by atoms with E-state index in [1.54, 1.807) is 0 Å². The van der Waals surface area contributed by atoms with Gasteiger partial charge in [-0.1, -0.05) is 388 Å². The zero-order chi connectivity index (χ0) is 60.8. The van der Waals surface area contributed by atoms with Crippen LogP contribution in [-0.4, -0.2) is 37.0 Å². The summed E-state index contributed by atoms with van der Waals surface area (Å²) in [6.07, 6.45) is 97.2. The number of hydrogen-bond donors (Lipinski definition) is 0. The second-order valence-corrected chi connectivity index (χ2v) is 36.4. The van der Waals surface area contributed by atoms with Crippen LogP contribution in [0.5, 0.6) is 0 Å². The molecule has 0 N–H and O–H groups in total. The first kappa shape index (κ1) is 84.6. The van der Waals surface area contributed by atoms with Crippen LogP contribution in [0.2, 0.25) is 0 Å². The van der Waals surface area contributed by atoms with Crippen molar-refractivity contribution in [2.45, 2.75) is 427 Å². The fourth-order valence-corrected chi connectivity index (χ4v) is 24.3. The fourth-order valence-electron chi connectivity index (χ4n) is 12.7. The number of hydrogen-bond acceptors (Lipinski definition) is 0. The Morgan fingerprint density at radius 1 is 0.171 bits per heavy atom. The molecule has 0 radical (unpaired) electrons. The van der Waals surface area contributed by atoms with Crippen molar-refractivity contribution in [1.82, 2.24) is 4.17 Å². The van der Waals surface area contributed by atoms with Crippen molar-refractivity contribution >= 4 is 21.9 Å².